The number of urea groups is 1. The second-order valence-electron chi connectivity index (χ2n) is 11.8. The van der Waals surface area contributed by atoms with Crippen LogP contribution in [0, 0.1) is 11.3 Å². The molecule has 2 unspecified atom stereocenters. The molecule has 0 radical (unpaired) electrons. The second kappa shape index (κ2) is 10.6. The molecule has 1 aliphatic carbocycles. The van der Waals surface area contributed by atoms with Gasteiger partial charge in [0.25, 0.3) is 5.56 Å². The molecule has 5 rings (SSSR count). The lowest BCUT2D eigenvalue weighted by Crippen LogP contribution is -2.66. The lowest BCUT2D eigenvalue weighted by Gasteiger charge is -2.54. The predicted molar refractivity (Wildman–Crippen MR) is 146 cm³/mol. The Morgan fingerprint density at radius 1 is 1.05 bits per heavy atom. The van der Waals surface area contributed by atoms with Gasteiger partial charge in [-0.05, 0) is 25.2 Å². The van der Waals surface area contributed by atoms with E-state index in [0.29, 0.717) is 44.8 Å². The number of likely N-dealkylation sites (tertiary alicyclic amines) is 1. The Labute approximate surface area is 228 Å². The SMILES string of the molecule is CC(C)C1CN(C(=O)O)CCN1C(=O)N1CCC(O)(Cn2cnc(-c3ccccc3)cc2=O)C2(CCCC2)C1. The Bertz CT molecular complexity index is 1260. The molecule has 3 aliphatic rings. The number of hydrogen-bond donors (Lipinski definition) is 2. The summed E-state index contributed by atoms with van der Waals surface area (Å²) in [7, 11) is 0. The Balaban J connectivity index is 1.35. The summed E-state index contributed by atoms with van der Waals surface area (Å²) < 4.78 is 1.50. The number of carbonyl (C=O) groups excluding carboxylic acids is 1. The quantitative estimate of drug-likeness (QED) is 0.618. The Kier molecular flexibility index (Phi) is 7.41. The van der Waals surface area contributed by atoms with Crippen molar-refractivity contribution >= 4 is 12.1 Å². The van der Waals surface area contributed by atoms with Crippen molar-refractivity contribution in [3.05, 3.63) is 53.1 Å². The minimum absolute atomic E-state index is 0.0851. The smallest absolute Gasteiger partial charge is 0.407 e. The number of hydrogen-bond acceptors (Lipinski definition) is 5. The van der Waals surface area contributed by atoms with E-state index < -0.39 is 17.1 Å². The van der Waals surface area contributed by atoms with Gasteiger partial charge in [-0.3, -0.25) is 9.36 Å². The van der Waals surface area contributed by atoms with E-state index in [1.165, 1.54) is 21.9 Å². The molecule has 10 nitrogen and oxygen atoms in total. The molecule has 3 amide bonds. The molecular weight excluding hydrogens is 498 g/mol. The molecular formula is C29H39N5O5. The van der Waals surface area contributed by atoms with E-state index in [2.05, 4.69) is 4.98 Å². The number of amides is 3. The summed E-state index contributed by atoms with van der Waals surface area (Å²) in [6.07, 6.45) is 4.45. The van der Waals surface area contributed by atoms with Crippen molar-refractivity contribution in [3.63, 3.8) is 0 Å². The largest absolute Gasteiger partial charge is 0.465 e. The van der Waals surface area contributed by atoms with Crippen LogP contribution < -0.4 is 5.56 Å². The van der Waals surface area contributed by atoms with Gasteiger partial charge in [-0.1, -0.05) is 57.0 Å². The standard InChI is InChI=1S/C29H39N5O5/c1-21(2)24-17-31(27(37)38)14-15-34(24)26(36)32-13-12-29(39,28(18-32)10-6-7-11-28)19-33-20-30-23(16-25(33)35)22-8-4-3-5-9-22/h3-5,8-9,16,20-21,24,39H,6-7,10-15,17-19H2,1-2H3,(H,37,38). The maximum atomic E-state index is 13.8. The van der Waals surface area contributed by atoms with Crippen LogP contribution in [-0.2, 0) is 6.54 Å². The van der Waals surface area contributed by atoms with E-state index in [-0.39, 0.29) is 30.1 Å². The molecule has 10 heteroatoms. The average molecular weight is 538 g/mol. The number of piperazine rings is 1. The zero-order valence-electron chi connectivity index (χ0n) is 22.8. The maximum Gasteiger partial charge on any atom is 0.407 e. The van der Waals surface area contributed by atoms with Gasteiger partial charge in [-0.25, -0.2) is 14.6 Å². The molecule has 2 saturated heterocycles. The zero-order valence-corrected chi connectivity index (χ0v) is 22.8. The third-order valence-corrected chi connectivity index (χ3v) is 9.19. The van der Waals surface area contributed by atoms with Gasteiger partial charge in [0, 0.05) is 49.8 Å². The van der Waals surface area contributed by atoms with E-state index in [9.17, 15) is 24.6 Å². The number of aliphatic hydroxyl groups is 1. The van der Waals surface area contributed by atoms with Crippen LogP contribution in [-0.4, -0.2) is 91.0 Å². The summed E-state index contributed by atoms with van der Waals surface area (Å²) in [5.74, 6) is 0.108. The minimum Gasteiger partial charge on any atom is -0.465 e. The first-order valence-electron chi connectivity index (χ1n) is 14.0. The van der Waals surface area contributed by atoms with Crippen LogP contribution >= 0.6 is 0 Å². The molecule has 2 aliphatic heterocycles. The molecule has 39 heavy (non-hydrogen) atoms. The average Bonchev–Trinajstić information content (AvgIpc) is 3.41. The second-order valence-corrected chi connectivity index (χ2v) is 11.8. The van der Waals surface area contributed by atoms with Crippen LogP contribution in [0.4, 0.5) is 9.59 Å². The molecule has 2 atom stereocenters. The molecule has 0 bridgehead atoms. The van der Waals surface area contributed by atoms with Crippen LogP contribution in [0.15, 0.2) is 47.5 Å². The van der Waals surface area contributed by atoms with E-state index in [1.807, 2.05) is 54.0 Å². The topological polar surface area (TPSA) is 119 Å². The highest BCUT2D eigenvalue weighted by atomic mass is 16.4. The molecule has 1 spiro atoms. The van der Waals surface area contributed by atoms with Gasteiger partial charge in [0.1, 0.15) is 0 Å². The van der Waals surface area contributed by atoms with E-state index in [4.69, 9.17) is 0 Å². The molecule has 2 aromatic rings. The normalized spacial score (nSPS) is 24.9. The van der Waals surface area contributed by atoms with Crippen LogP contribution in [0.5, 0.6) is 0 Å². The van der Waals surface area contributed by atoms with Crippen molar-refractivity contribution in [3.8, 4) is 11.3 Å². The third kappa shape index (κ3) is 5.14. The van der Waals surface area contributed by atoms with Gasteiger partial charge >= 0.3 is 12.1 Å². The molecule has 1 saturated carbocycles. The van der Waals surface area contributed by atoms with Crippen LogP contribution in [0.25, 0.3) is 11.3 Å². The van der Waals surface area contributed by atoms with E-state index in [0.717, 1.165) is 31.2 Å². The first kappa shape index (κ1) is 27.2. The van der Waals surface area contributed by atoms with Crippen LogP contribution in [0.3, 0.4) is 0 Å². The van der Waals surface area contributed by atoms with E-state index >= 15 is 0 Å². The fourth-order valence-electron chi connectivity index (χ4n) is 6.83. The highest BCUT2D eigenvalue weighted by molar-refractivity contribution is 5.76. The molecule has 1 aromatic carbocycles. The van der Waals surface area contributed by atoms with Crippen LogP contribution in [0.1, 0.15) is 46.0 Å². The number of aromatic nitrogens is 2. The van der Waals surface area contributed by atoms with Crippen molar-refractivity contribution in [2.75, 3.05) is 32.7 Å². The molecule has 2 N–H and O–H groups in total. The number of rotatable bonds is 4. The number of carboxylic acid groups (broad SMARTS) is 1. The molecule has 3 heterocycles. The number of nitrogens with zero attached hydrogens (tertiary/aromatic N) is 5. The van der Waals surface area contributed by atoms with E-state index in [1.54, 1.807) is 0 Å². The first-order chi connectivity index (χ1) is 18.6. The molecule has 3 fully saturated rings. The van der Waals surface area contributed by atoms with Gasteiger partial charge in [-0.2, -0.15) is 0 Å². The Hall–Kier alpha value is -3.40. The Morgan fingerprint density at radius 3 is 2.41 bits per heavy atom. The fraction of sp³-hybridized carbons (Fsp3) is 0.586. The third-order valence-electron chi connectivity index (χ3n) is 9.19. The van der Waals surface area contributed by atoms with Gasteiger partial charge < -0.3 is 24.9 Å². The fourth-order valence-corrected chi connectivity index (χ4v) is 6.83. The summed E-state index contributed by atoms with van der Waals surface area (Å²) in [5, 5.41) is 21.6. The number of piperidine rings is 1. The van der Waals surface area contributed by atoms with Crippen molar-refractivity contribution in [2.45, 2.75) is 64.1 Å². The highest BCUT2D eigenvalue weighted by Gasteiger charge is 2.56. The summed E-state index contributed by atoms with van der Waals surface area (Å²) in [6.45, 7) is 5.93. The summed E-state index contributed by atoms with van der Waals surface area (Å²) in [6, 6.07) is 10.8. The highest BCUT2D eigenvalue weighted by Crippen LogP contribution is 2.51. The number of carbonyl (C=O) groups is 2. The van der Waals surface area contributed by atoms with Gasteiger partial charge in [-0.15, -0.1) is 0 Å². The predicted octanol–water partition coefficient (Wildman–Crippen LogP) is 3.35. The summed E-state index contributed by atoms with van der Waals surface area (Å²) in [4.78, 5) is 48.0. The van der Waals surface area contributed by atoms with Crippen LogP contribution in [0.2, 0.25) is 0 Å². The lowest BCUT2D eigenvalue weighted by atomic mass is 9.66. The van der Waals surface area contributed by atoms with Crippen molar-refractivity contribution in [1.29, 1.82) is 0 Å². The lowest BCUT2D eigenvalue weighted by molar-refractivity contribution is -0.137. The van der Waals surface area contributed by atoms with Gasteiger partial charge in [0.05, 0.1) is 30.2 Å². The van der Waals surface area contributed by atoms with Gasteiger partial charge in [0.2, 0.25) is 0 Å². The zero-order chi connectivity index (χ0) is 27.8. The summed E-state index contributed by atoms with van der Waals surface area (Å²) in [5.41, 5.74) is -0.389. The maximum absolute atomic E-state index is 13.8. The van der Waals surface area contributed by atoms with Gasteiger partial charge in [0.15, 0.2) is 0 Å². The molecule has 1 aromatic heterocycles. The van der Waals surface area contributed by atoms with Crippen molar-refractivity contribution < 1.29 is 19.8 Å². The monoisotopic (exact) mass is 537 g/mol. The minimum atomic E-state index is -1.14. The Morgan fingerprint density at radius 2 is 1.77 bits per heavy atom. The van der Waals surface area contributed by atoms with Crippen molar-refractivity contribution in [2.24, 2.45) is 11.3 Å². The number of benzene rings is 1. The first-order valence-corrected chi connectivity index (χ1v) is 14.0. The molecule has 210 valence electrons. The van der Waals surface area contributed by atoms with Crippen molar-refractivity contribution in [1.82, 2.24) is 24.3 Å². The summed E-state index contributed by atoms with van der Waals surface area (Å²) >= 11 is 0.